The van der Waals surface area contributed by atoms with Gasteiger partial charge < -0.3 is 15.0 Å². The normalized spacial score (nSPS) is 20.4. The first-order valence-corrected chi connectivity index (χ1v) is 8.20. The molecule has 0 saturated heterocycles. The molecule has 1 aliphatic rings. The number of ether oxygens (including phenoxy) is 1. The van der Waals surface area contributed by atoms with Crippen LogP contribution >= 0.6 is 0 Å². The Morgan fingerprint density at radius 3 is 2.43 bits per heavy atom. The van der Waals surface area contributed by atoms with Crippen molar-refractivity contribution in [3.63, 3.8) is 0 Å². The van der Waals surface area contributed by atoms with Gasteiger partial charge in [-0.05, 0) is 25.2 Å². The van der Waals surface area contributed by atoms with Gasteiger partial charge in [0.2, 0.25) is 11.7 Å². The van der Waals surface area contributed by atoms with E-state index in [2.05, 4.69) is 24.0 Å². The maximum atomic E-state index is 5.87. The third-order valence-electron chi connectivity index (χ3n) is 4.54. The summed E-state index contributed by atoms with van der Waals surface area (Å²) in [6.07, 6.45) is 7.75. The van der Waals surface area contributed by atoms with E-state index in [9.17, 15) is 0 Å². The highest BCUT2D eigenvalue weighted by molar-refractivity contribution is 5.05. The van der Waals surface area contributed by atoms with Crippen LogP contribution in [-0.2, 0) is 10.3 Å². The van der Waals surface area contributed by atoms with E-state index in [0.29, 0.717) is 24.2 Å². The number of aromatic nitrogens is 2. The first kappa shape index (κ1) is 16.4. The molecule has 120 valence electrons. The topological polar surface area (TPSA) is 74.2 Å². The number of hydrogen-bond donors (Lipinski definition) is 1. The molecule has 5 heteroatoms. The minimum absolute atomic E-state index is 0.144. The Balaban J connectivity index is 2.20. The van der Waals surface area contributed by atoms with Crippen LogP contribution in [0, 0.1) is 5.92 Å². The minimum atomic E-state index is -0.366. The SMILES string of the molecule is COC1(c2noc(C(CN)CC(C)C)n2)CCCCCC1. The fourth-order valence-electron chi connectivity index (χ4n) is 3.27. The fraction of sp³-hybridized carbons (Fsp3) is 0.875. The second-order valence-corrected chi connectivity index (χ2v) is 6.63. The maximum Gasteiger partial charge on any atom is 0.231 e. The Kier molecular flexibility index (Phi) is 5.76. The molecular formula is C16H29N3O2. The molecule has 1 unspecified atom stereocenters. The lowest BCUT2D eigenvalue weighted by Gasteiger charge is -2.27. The third-order valence-corrected chi connectivity index (χ3v) is 4.54. The van der Waals surface area contributed by atoms with Gasteiger partial charge in [-0.3, -0.25) is 0 Å². The van der Waals surface area contributed by atoms with Crippen LogP contribution in [-0.4, -0.2) is 23.8 Å². The van der Waals surface area contributed by atoms with Crippen molar-refractivity contribution in [2.24, 2.45) is 11.7 Å². The number of methoxy groups -OCH3 is 1. The quantitative estimate of drug-likeness (QED) is 0.815. The Hall–Kier alpha value is -0.940. The Labute approximate surface area is 127 Å². The predicted molar refractivity (Wildman–Crippen MR) is 81.9 cm³/mol. The van der Waals surface area contributed by atoms with Crippen molar-refractivity contribution in [3.05, 3.63) is 11.7 Å². The van der Waals surface area contributed by atoms with Crippen LogP contribution in [0.4, 0.5) is 0 Å². The summed E-state index contributed by atoms with van der Waals surface area (Å²) >= 11 is 0. The van der Waals surface area contributed by atoms with Gasteiger partial charge in [-0.25, -0.2) is 0 Å². The predicted octanol–water partition coefficient (Wildman–Crippen LogP) is 3.35. The van der Waals surface area contributed by atoms with E-state index in [4.69, 9.17) is 15.0 Å². The van der Waals surface area contributed by atoms with Gasteiger partial charge in [0.05, 0.1) is 5.92 Å². The van der Waals surface area contributed by atoms with Crippen molar-refractivity contribution < 1.29 is 9.26 Å². The van der Waals surface area contributed by atoms with E-state index in [1.807, 2.05) is 0 Å². The van der Waals surface area contributed by atoms with Crippen LogP contribution in [0.3, 0.4) is 0 Å². The maximum absolute atomic E-state index is 5.87. The van der Waals surface area contributed by atoms with Crippen LogP contribution in [0.5, 0.6) is 0 Å². The molecule has 0 amide bonds. The van der Waals surface area contributed by atoms with Gasteiger partial charge in [0, 0.05) is 13.7 Å². The van der Waals surface area contributed by atoms with Gasteiger partial charge in [-0.15, -0.1) is 0 Å². The third kappa shape index (κ3) is 3.83. The van der Waals surface area contributed by atoms with Crippen LogP contribution in [0.15, 0.2) is 4.52 Å². The zero-order valence-corrected chi connectivity index (χ0v) is 13.6. The summed E-state index contributed by atoms with van der Waals surface area (Å²) in [5, 5.41) is 4.23. The van der Waals surface area contributed by atoms with Gasteiger partial charge in [-0.2, -0.15) is 4.98 Å². The highest BCUT2D eigenvalue weighted by atomic mass is 16.5. The Morgan fingerprint density at radius 1 is 1.24 bits per heavy atom. The first-order chi connectivity index (χ1) is 10.1. The van der Waals surface area contributed by atoms with E-state index in [0.717, 1.165) is 32.1 Å². The molecular weight excluding hydrogens is 266 g/mol. The number of rotatable bonds is 6. The van der Waals surface area contributed by atoms with Crippen molar-refractivity contribution in [3.8, 4) is 0 Å². The molecule has 1 aliphatic carbocycles. The average molecular weight is 295 g/mol. The molecule has 1 heterocycles. The lowest BCUT2D eigenvalue weighted by atomic mass is 9.93. The zero-order valence-electron chi connectivity index (χ0n) is 13.6. The van der Waals surface area contributed by atoms with E-state index in [-0.39, 0.29) is 11.5 Å². The molecule has 0 radical (unpaired) electrons. The molecule has 0 aliphatic heterocycles. The first-order valence-electron chi connectivity index (χ1n) is 8.20. The van der Waals surface area contributed by atoms with Crippen LogP contribution in [0.25, 0.3) is 0 Å². The fourth-order valence-corrected chi connectivity index (χ4v) is 3.27. The molecule has 1 saturated carbocycles. The monoisotopic (exact) mass is 295 g/mol. The largest absolute Gasteiger partial charge is 0.370 e. The van der Waals surface area contributed by atoms with Crippen molar-refractivity contribution >= 4 is 0 Å². The Bertz CT molecular complexity index is 423. The molecule has 0 bridgehead atoms. The highest BCUT2D eigenvalue weighted by Crippen LogP contribution is 2.38. The molecule has 0 spiro atoms. The van der Waals surface area contributed by atoms with Crippen molar-refractivity contribution in [1.82, 2.24) is 10.1 Å². The van der Waals surface area contributed by atoms with Gasteiger partial charge in [0.15, 0.2) is 0 Å². The second kappa shape index (κ2) is 7.36. The minimum Gasteiger partial charge on any atom is -0.370 e. The van der Waals surface area contributed by atoms with E-state index < -0.39 is 0 Å². The molecule has 2 N–H and O–H groups in total. The average Bonchev–Trinajstić information content (AvgIpc) is 2.84. The van der Waals surface area contributed by atoms with Gasteiger partial charge in [0.25, 0.3) is 0 Å². The molecule has 2 rings (SSSR count). The highest BCUT2D eigenvalue weighted by Gasteiger charge is 2.38. The smallest absolute Gasteiger partial charge is 0.231 e. The zero-order chi connectivity index (χ0) is 15.3. The van der Waals surface area contributed by atoms with E-state index >= 15 is 0 Å². The van der Waals surface area contributed by atoms with Crippen LogP contribution in [0.1, 0.15) is 76.4 Å². The van der Waals surface area contributed by atoms with Crippen molar-refractivity contribution in [1.29, 1.82) is 0 Å². The second-order valence-electron chi connectivity index (χ2n) is 6.63. The molecule has 1 fully saturated rings. The molecule has 1 atom stereocenters. The summed E-state index contributed by atoms with van der Waals surface area (Å²) < 4.78 is 11.4. The summed E-state index contributed by atoms with van der Waals surface area (Å²) in [5.41, 5.74) is 5.51. The Morgan fingerprint density at radius 2 is 1.90 bits per heavy atom. The lowest BCUT2D eigenvalue weighted by molar-refractivity contribution is -0.0365. The summed E-state index contributed by atoms with van der Waals surface area (Å²) in [7, 11) is 1.76. The lowest BCUT2D eigenvalue weighted by Crippen LogP contribution is -2.29. The summed E-state index contributed by atoms with van der Waals surface area (Å²) in [6.45, 7) is 4.91. The van der Waals surface area contributed by atoms with E-state index in [1.54, 1.807) is 7.11 Å². The molecule has 21 heavy (non-hydrogen) atoms. The summed E-state index contributed by atoms with van der Waals surface area (Å²) in [4.78, 5) is 4.66. The van der Waals surface area contributed by atoms with Crippen molar-refractivity contribution in [2.75, 3.05) is 13.7 Å². The molecule has 5 nitrogen and oxygen atoms in total. The molecule has 1 aromatic heterocycles. The number of hydrogen-bond acceptors (Lipinski definition) is 5. The summed E-state index contributed by atoms with van der Waals surface area (Å²) in [6, 6.07) is 0. The van der Waals surface area contributed by atoms with Gasteiger partial charge >= 0.3 is 0 Å². The molecule has 0 aromatic carbocycles. The molecule has 1 aromatic rings. The van der Waals surface area contributed by atoms with Crippen molar-refractivity contribution in [2.45, 2.75) is 70.3 Å². The van der Waals surface area contributed by atoms with Crippen LogP contribution in [0.2, 0.25) is 0 Å². The number of nitrogens with zero attached hydrogens (tertiary/aromatic N) is 2. The van der Waals surface area contributed by atoms with E-state index in [1.165, 1.54) is 12.8 Å². The van der Waals surface area contributed by atoms with Gasteiger partial charge in [-0.1, -0.05) is 44.7 Å². The summed E-state index contributed by atoms with van der Waals surface area (Å²) in [5.74, 6) is 2.08. The number of nitrogens with two attached hydrogens (primary N) is 1. The standard InChI is InChI=1S/C16H29N3O2/c1-12(2)10-13(11-17)14-18-15(19-21-14)16(20-3)8-6-4-5-7-9-16/h12-13H,4-11,17H2,1-3H3. The van der Waals surface area contributed by atoms with Gasteiger partial charge in [0.1, 0.15) is 5.60 Å². The van der Waals surface area contributed by atoms with Crippen LogP contribution < -0.4 is 5.73 Å².